The lowest BCUT2D eigenvalue weighted by Gasteiger charge is -2.19. The lowest BCUT2D eigenvalue weighted by Crippen LogP contribution is -2.15. The number of aromatic nitrogens is 2. The summed E-state index contributed by atoms with van der Waals surface area (Å²) in [5, 5.41) is 0. The second-order valence-electron chi connectivity index (χ2n) is 5.49. The van der Waals surface area contributed by atoms with Gasteiger partial charge in [-0.1, -0.05) is 43.3 Å². The number of rotatable bonds is 4. The number of hydrogen-bond acceptors (Lipinski definition) is 2. The summed E-state index contributed by atoms with van der Waals surface area (Å²) in [6, 6.07) is 12.3. The molecule has 1 saturated carbocycles. The second kappa shape index (κ2) is 7.47. The Morgan fingerprint density at radius 3 is 2.00 bits per heavy atom. The maximum atomic E-state index is 4.56. The number of pyridine rings is 2. The van der Waals surface area contributed by atoms with Crippen molar-refractivity contribution in [2.75, 3.05) is 0 Å². The number of allylic oxidation sites excluding steroid dienone is 1. The third-order valence-corrected chi connectivity index (χ3v) is 5.94. The molecule has 1 aliphatic carbocycles. The summed E-state index contributed by atoms with van der Waals surface area (Å²) < 4.78 is 0. The molecule has 3 rings (SSSR count). The van der Waals surface area contributed by atoms with Crippen molar-refractivity contribution in [3.8, 4) is 0 Å². The normalized spacial score (nSPS) is 16.6. The van der Waals surface area contributed by atoms with Crippen LogP contribution in [-0.2, 0) is 0 Å². The quantitative estimate of drug-likeness (QED) is 0.797. The molecule has 1 aliphatic rings. The first kappa shape index (κ1) is 14.4. The predicted octanol–water partition coefficient (Wildman–Crippen LogP) is 4.00. The molecule has 0 N–H and O–H groups in total. The molecule has 0 aromatic carbocycles. The highest BCUT2D eigenvalue weighted by molar-refractivity contribution is 7.75. The smallest absolute Gasteiger partial charge is 0.0731 e. The van der Waals surface area contributed by atoms with E-state index in [1.54, 1.807) is 0 Å². The fourth-order valence-electron chi connectivity index (χ4n) is 2.80. The standard InChI is InChI=1S/C18H21N2P/c1-2-8-16(9-3-1)12-15-21(17-10-4-6-13-19-17)18-11-5-7-14-20-18/h4-7,10-16H,1-3,8-9H2/b15-12+. The minimum Gasteiger partial charge on any atom is -0.256 e. The highest BCUT2D eigenvalue weighted by Crippen LogP contribution is 2.35. The summed E-state index contributed by atoms with van der Waals surface area (Å²) in [6.07, 6.45) is 13.0. The highest BCUT2D eigenvalue weighted by atomic mass is 31.1. The molecule has 0 aliphatic heterocycles. The van der Waals surface area contributed by atoms with E-state index in [4.69, 9.17) is 0 Å². The summed E-state index contributed by atoms with van der Waals surface area (Å²) >= 11 is 0. The Hall–Kier alpha value is -1.53. The Morgan fingerprint density at radius 1 is 0.857 bits per heavy atom. The fourth-order valence-corrected chi connectivity index (χ4v) is 4.63. The van der Waals surface area contributed by atoms with Crippen LogP contribution in [0.4, 0.5) is 0 Å². The Balaban J connectivity index is 1.84. The van der Waals surface area contributed by atoms with E-state index in [9.17, 15) is 0 Å². The molecule has 3 heteroatoms. The molecule has 0 unspecified atom stereocenters. The van der Waals surface area contributed by atoms with Crippen LogP contribution in [0.2, 0.25) is 0 Å². The third kappa shape index (κ3) is 3.98. The van der Waals surface area contributed by atoms with Crippen LogP contribution in [0.3, 0.4) is 0 Å². The van der Waals surface area contributed by atoms with Gasteiger partial charge in [-0.25, -0.2) is 0 Å². The molecular formula is C18H21N2P. The van der Waals surface area contributed by atoms with Crippen molar-refractivity contribution in [3.63, 3.8) is 0 Å². The van der Waals surface area contributed by atoms with E-state index in [1.165, 1.54) is 32.1 Å². The van der Waals surface area contributed by atoms with Gasteiger partial charge >= 0.3 is 0 Å². The van der Waals surface area contributed by atoms with Crippen LogP contribution in [0.25, 0.3) is 0 Å². The predicted molar refractivity (Wildman–Crippen MR) is 90.4 cm³/mol. The lowest BCUT2D eigenvalue weighted by atomic mass is 9.90. The minimum atomic E-state index is -0.579. The van der Waals surface area contributed by atoms with E-state index >= 15 is 0 Å². The topological polar surface area (TPSA) is 25.8 Å². The van der Waals surface area contributed by atoms with E-state index in [2.05, 4.69) is 46.1 Å². The molecule has 0 spiro atoms. The zero-order valence-electron chi connectivity index (χ0n) is 12.2. The summed E-state index contributed by atoms with van der Waals surface area (Å²) in [6.45, 7) is 0. The maximum absolute atomic E-state index is 4.56. The average molecular weight is 296 g/mol. The minimum absolute atomic E-state index is 0.579. The molecule has 2 aromatic heterocycles. The van der Waals surface area contributed by atoms with Gasteiger partial charge in [-0.2, -0.15) is 0 Å². The lowest BCUT2D eigenvalue weighted by molar-refractivity contribution is 0.420. The fraction of sp³-hybridized carbons (Fsp3) is 0.333. The monoisotopic (exact) mass is 296 g/mol. The molecule has 2 nitrogen and oxygen atoms in total. The summed E-state index contributed by atoms with van der Waals surface area (Å²) in [7, 11) is -0.579. The van der Waals surface area contributed by atoms with E-state index in [-0.39, 0.29) is 0 Å². The summed E-state index contributed by atoms with van der Waals surface area (Å²) in [4.78, 5) is 9.11. The van der Waals surface area contributed by atoms with Crippen molar-refractivity contribution in [1.29, 1.82) is 0 Å². The Kier molecular flexibility index (Phi) is 5.13. The molecule has 21 heavy (non-hydrogen) atoms. The van der Waals surface area contributed by atoms with Crippen LogP contribution >= 0.6 is 7.92 Å². The number of hydrogen-bond donors (Lipinski definition) is 0. The molecule has 0 bridgehead atoms. The van der Waals surface area contributed by atoms with Gasteiger partial charge in [-0.15, -0.1) is 0 Å². The Morgan fingerprint density at radius 2 is 1.48 bits per heavy atom. The van der Waals surface area contributed by atoms with Crippen LogP contribution in [0.5, 0.6) is 0 Å². The van der Waals surface area contributed by atoms with Crippen LogP contribution in [0.1, 0.15) is 32.1 Å². The van der Waals surface area contributed by atoms with Gasteiger partial charge in [0.05, 0.1) is 10.9 Å². The van der Waals surface area contributed by atoms with E-state index < -0.39 is 7.92 Å². The Labute approximate surface area is 128 Å². The van der Waals surface area contributed by atoms with Crippen molar-refractivity contribution in [2.24, 2.45) is 5.92 Å². The van der Waals surface area contributed by atoms with Gasteiger partial charge < -0.3 is 0 Å². The van der Waals surface area contributed by atoms with Gasteiger partial charge in [0.25, 0.3) is 0 Å². The highest BCUT2D eigenvalue weighted by Gasteiger charge is 2.15. The second-order valence-corrected chi connectivity index (χ2v) is 7.44. The zero-order valence-corrected chi connectivity index (χ0v) is 13.1. The Bertz CT molecular complexity index is 523. The van der Waals surface area contributed by atoms with E-state index in [1.807, 2.05) is 24.5 Å². The SMILES string of the molecule is C(=C\P(c1ccccn1)c1ccccn1)/C1CCCCC1. The van der Waals surface area contributed by atoms with Gasteiger partial charge in [0, 0.05) is 20.3 Å². The molecule has 0 saturated heterocycles. The van der Waals surface area contributed by atoms with Gasteiger partial charge in [0.2, 0.25) is 0 Å². The molecule has 0 amide bonds. The van der Waals surface area contributed by atoms with Gasteiger partial charge in [0.15, 0.2) is 0 Å². The summed E-state index contributed by atoms with van der Waals surface area (Å²) in [5.74, 6) is 3.12. The third-order valence-electron chi connectivity index (χ3n) is 3.95. The van der Waals surface area contributed by atoms with Gasteiger partial charge in [-0.05, 0) is 43.0 Å². The number of nitrogens with zero attached hydrogens (tertiary/aromatic N) is 2. The first-order valence-electron chi connectivity index (χ1n) is 7.73. The molecule has 0 radical (unpaired) electrons. The van der Waals surface area contributed by atoms with Crippen LogP contribution in [0.15, 0.2) is 60.7 Å². The zero-order chi connectivity index (χ0) is 14.3. The van der Waals surface area contributed by atoms with Crippen molar-refractivity contribution < 1.29 is 0 Å². The van der Waals surface area contributed by atoms with Crippen molar-refractivity contribution >= 4 is 18.8 Å². The van der Waals surface area contributed by atoms with Gasteiger partial charge in [0.1, 0.15) is 0 Å². The van der Waals surface area contributed by atoms with E-state index in [0.717, 1.165) is 16.8 Å². The van der Waals surface area contributed by atoms with Crippen LogP contribution in [0, 0.1) is 5.92 Å². The van der Waals surface area contributed by atoms with Crippen LogP contribution in [-0.4, -0.2) is 9.97 Å². The van der Waals surface area contributed by atoms with E-state index in [0.29, 0.717) is 0 Å². The van der Waals surface area contributed by atoms with Crippen molar-refractivity contribution in [3.05, 3.63) is 60.7 Å². The van der Waals surface area contributed by atoms with Crippen LogP contribution < -0.4 is 10.9 Å². The average Bonchev–Trinajstić information content (AvgIpc) is 2.58. The van der Waals surface area contributed by atoms with Crippen molar-refractivity contribution in [2.45, 2.75) is 32.1 Å². The molecule has 2 heterocycles. The first-order valence-corrected chi connectivity index (χ1v) is 9.14. The molecule has 108 valence electrons. The van der Waals surface area contributed by atoms with Crippen molar-refractivity contribution in [1.82, 2.24) is 9.97 Å². The summed E-state index contributed by atoms with van der Waals surface area (Å²) in [5.41, 5.74) is 2.27. The largest absolute Gasteiger partial charge is 0.256 e. The molecular weight excluding hydrogens is 275 g/mol. The molecule has 0 atom stereocenters. The maximum Gasteiger partial charge on any atom is 0.0731 e. The first-order chi connectivity index (χ1) is 10.4. The molecule has 2 aromatic rings. The molecule has 1 fully saturated rings. The van der Waals surface area contributed by atoms with Gasteiger partial charge in [-0.3, -0.25) is 9.97 Å².